The molecular weight excluding hydrogens is 246 g/mol. The molecule has 0 saturated heterocycles. The summed E-state index contributed by atoms with van der Waals surface area (Å²) < 4.78 is 5.24. The van der Waals surface area contributed by atoms with E-state index in [-0.39, 0.29) is 0 Å². The van der Waals surface area contributed by atoms with Gasteiger partial charge in [-0.25, -0.2) is 0 Å². The van der Waals surface area contributed by atoms with Gasteiger partial charge in [0.1, 0.15) is 5.75 Å². The molecule has 0 radical (unpaired) electrons. The minimum atomic E-state index is 0.519. The second-order valence-electron chi connectivity index (χ2n) is 5.49. The first-order valence-corrected chi connectivity index (χ1v) is 7.08. The summed E-state index contributed by atoms with van der Waals surface area (Å²) in [5, 5.41) is 4.35. The van der Waals surface area contributed by atoms with Crippen LogP contribution in [0, 0.1) is 11.8 Å². The van der Waals surface area contributed by atoms with Gasteiger partial charge in [0.05, 0.1) is 17.8 Å². The van der Waals surface area contributed by atoms with Gasteiger partial charge < -0.3 is 10.1 Å². The molecule has 1 aliphatic rings. The Hall–Kier alpha value is -0.890. The van der Waals surface area contributed by atoms with Gasteiger partial charge in [0.15, 0.2) is 0 Å². The molecule has 1 aromatic carbocycles. The highest BCUT2D eigenvalue weighted by Gasteiger charge is 2.25. The lowest BCUT2D eigenvalue weighted by molar-refractivity contribution is 0.276. The SMILES string of the molecule is COc1ccc(Cl)c(NC2CCC(C)CC2C)c1. The molecular formula is C15H22ClNO. The van der Waals surface area contributed by atoms with E-state index < -0.39 is 0 Å². The van der Waals surface area contributed by atoms with Crippen molar-refractivity contribution in [1.82, 2.24) is 0 Å². The van der Waals surface area contributed by atoms with Crippen LogP contribution < -0.4 is 10.1 Å². The second kappa shape index (κ2) is 5.83. The molecule has 1 fully saturated rings. The quantitative estimate of drug-likeness (QED) is 0.865. The number of ether oxygens (including phenoxy) is 1. The molecule has 2 nitrogen and oxygen atoms in total. The van der Waals surface area contributed by atoms with E-state index in [1.165, 1.54) is 19.3 Å². The summed E-state index contributed by atoms with van der Waals surface area (Å²) in [6.45, 7) is 4.66. The van der Waals surface area contributed by atoms with Crippen molar-refractivity contribution in [2.45, 2.75) is 39.2 Å². The van der Waals surface area contributed by atoms with Crippen LogP contribution in [0.25, 0.3) is 0 Å². The zero-order valence-electron chi connectivity index (χ0n) is 11.4. The Kier molecular flexibility index (Phi) is 4.39. The fraction of sp³-hybridized carbons (Fsp3) is 0.600. The Morgan fingerprint density at radius 3 is 2.72 bits per heavy atom. The number of methoxy groups -OCH3 is 1. The Balaban J connectivity index is 2.08. The van der Waals surface area contributed by atoms with Crippen molar-refractivity contribution < 1.29 is 4.74 Å². The molecule has 1 aromatic rings. The van der Waals surface area contributed by atoms with E-state index >= 15 is 0 Å². The van der Waals surface area contributed by atoms with Crippen LogP contribution in [0.4, 0.5) is 5.69 Å². The average Bonchev–Trinajstić information content (AvgIpc) is 2.35. The van der Waals surface area contributed by atoms with Crippen molar-refractivity contribution in [3.63, 3.8) is 0 Å². The lowest BCUT2D eigenvalue weighted by atomic mass is 9.80. The smallest absolute Gasteiger partial charge is 0.121 e. The summed E-state index contributed by atoms with van der Waals surface area (Å²) in [4.78, 5) is 0. The fourth-order valence-corrected chi connectivity index (χ4v) is 2.99. The maximum absolute atomic E-state index is 6.23. The van der Waals surface area contributed by atoms with Crippen LogP contribution in [-0.2, 0) is 0 Å². The van der Waals surface area contributed by atoms with Gasteiger partial charge in [-0.05, 0) is 43.2 Å². The third-order valence-electron chi connectivity index (χ3n) is 3.95. The minimum Gasteiger partial charge on any atom is -0.497 e. The van der Waals surface area contributed by atoms with E-state index in [9.17, 15) is 0 Å². The van der Waals surface area contributed by atoms with E-state index in [0.717, 1.165) is 22.4 Å². The number of hydrogen-bond donors (Lipinski definition) is 1. The van der Waals surface area contributed by atoms with Gasteiger partial charge in [0.25, 0.3) is 0 Å². The maximum atomic E-state index is 6.23. The molecule has 1 N–H and O–H groups in total. The summed E-state index contributed by atoms with van der Waals surface area (Å²) in [6, 6.07) is 6.28. The highest BCUT2D eigenvalue weighted by molar-refractivity contribution is 6.33. The third-order valence-corrected chi connectivity index (χ3v) is 4.28. The van der Waals surface area contributed by atoms with Gasteiger partial charge in [-0.2, -0.15) is 0 Å². The van der Waals surface area contributed by atoms with E-state index in [4.69, 9.17) is 16.3 Å². The van der Waals surface area contributed by atoms with Crippen molar-refractivity contribution in [3.05, 3.63) is 23.2 Å². The summed E-state index contributed by atoms with van der Waals surface area (Å²) in [5.74, 6) is 2.38. The van der Waals surface area contributed by atoms with Crippen molar-refractivity contribution in [2.75, 3.05) is 12.4 Å². The zero-order chi connectivity index (χ0) is 13.1. The molecule has 0 bridgehead atoms. The number of hydrogen-bond acceptors (Lipinski definition) is 2. The second-order valence-corrected chi connectivity index (χ2v) is 5.90. The molecule has 18 heavy (non-hydrogen) atoms. The van der Waals surface area contributed by atoms with E-state index in [0.29, 0.717) is 12.0 Å². The highest BCUT2D eigenvalue weighted by Crippen LogP contribution is 2.33. The molecule has 0 heterocycles. The van der Waals surface area contributed by atoms with Gasteiger partial charge in [-0.1, -0.05) is 25.4 Å². The Labute approximate surface area is 115 Å². The van der Waals surface area contributed by atoms with Gasteiger partial charge in [0, 0.05) is 12.1 Å². The molecule has 0 aliphatic heterocycles. The molecule has 100 valence electrons. The molecule has 1 aliphatic carbocycles. The summed E-state index contributed by atoms with van der Waals surface area (Å²) in [7, 11) is 1.68. The van der Waals surface area contributed by atoms with E-state index in [2.05, 4.69) is 19.2 Å². The fourth-order valence-electron chi connectivity index (χ4n) is 2.82. The van der Waals surface area contributed by atoms with Crippen LogP contribution in [0.2, 0.25) is 5.02 Å². The third kappa shape index (κ3) is 3.11. The van der Waals surface area contributed by atoms with Crippen LogP contribution in [0.5, 0.6) is 5.75 Å². The number of anilines is 1. The monoisotopic (exact) mass is 267 g/mol. The lowest BCUT2D eigenvalue weighted by Gasteiger charge is -2.34. The zero-order valence-corrected chi connectivity index (χ0v) is 12.1. The topological polar surface area (TPSA) is 21.3 Å². The average molecular weight is 268 g/mol. The van der Waals surface area contributed by atoms with Crippen molar-refractivity contribution >= 4 is 17.3 Å². The first-order chi connectivity index (χ1) is 8.60. The molecule has 0 amide bonds. The number of rotatable bonds is 3. The first-order valence-electron chi connectivity index (χ1n) is 6.70. The van der Waals surface area contributed by atoms with Crippen LogP contribution in [0.15, 0.2) is 18.2 Å². The molecule has 3 atom stereocenters. The lowest BCUT2D eigenvalue weighted by Crippen LogP contribution is -2.33. The van der Waals surface area contributed by atoms with Gasteiger partial charge in [-0.3, -0.25) is 0 Å². The molecule has 3 unspecified atom stereocenters. The normalized spacial score (nSPS) is 27.9. The summed E-state index contributed by atoms with van der Waals surface area (Å²) in [6.07, 6.45) is 3.80. The van der Waals surface area contributed by atoms with Crippen molar-refractivity contribution in [2.24, 2.45) is 11.8 Å². The van der Waals surface area contributed by atoms with E-state index in [1.54, 1.807) is 7.11 Å². The van der Waals surface area contributed by atoms with Crippen molar-refractivity contribution in [3.8, 4) is 5.75 Å². The number of halogens is 1. The van der Waals surface area contributed by atoms with Crippen LogP contribution >= 0.6 is 11.6 Å². The molecule has 3 heteroatoms. The van der Waals surface area contributed by atoms with E-state index in [1.807, 2.05) is 18.2 Å². The Morgan fingerprint density at radius 1 is 1.28 bits per heavy atom. The van der Waals surface area contributed by atoms with Gasteiger partial charge in [0.2, 0.25) is 0 Å². The largest absolute Gasteiger partial charge is 0.497 e. The molecule has 2 rings (SSSR count). The predicted molar refractivity (Wildman–Crippen MR) is 77.6 cm³/mol. The first kappa shape index (κ1) is 13.5. The van der Waals surface area contributed by atoms with Crippen LogP contribution in [-0.4, -0.2) is 13.2 Å². The van der Waals surface area contributed by atoms with Crippen molar-refractivity contribution in [1.29, 1.82) is 0 Å². The van der Waals surface area contributed by atoms with Gasteiger partial charge >= 0.3 is 0 Å². The Morgan fingerprint density at radius 2 is 2.06 bits per heavy atom. The molecule has 0 aromatic heterocycles. The van der Waals surface area contributed by atoms with Crippen LogP contribution in [0.3, 0.4) is 0 Å². The standard InChI is InChI=1S/C15H22ClNO/c1-10-4-7-14(11(2)8-10)17-15-9-12(18-3)5-6-13(15)16/h5-6,9-11,14,17H,4,7-8H2,1-3H3. The van der Waals surface area contributed by atoms with Gasteiger partial charge in [-0.15, -0.1) is 0 Å². The maximum Gasteiger partial charge on any atom is 0.121 e. The summed E-state index contributed by atoms with van der Waals surface area (Å²) >= 11 is 6.23. The van der Waals surface area contributed by atoms with Crippen LogP contribution in [0.1, 0.15) is 33.1 Å². The summed E-state index contributed by atoms with van der Waals surface area (Å²) in [5.41, 5.74) is 0.988. The number of nitrogens with one attached hydrogen (secondary N) is 1. The molecule has 0 spiro atoms. The molecule has 1 saturated carbocycles. The minimum absolute atomic E-state index is 0.519. The number of benzene rings is 1. The highest BCUT2D eigenvalue weighted by atomic mass is 35.5. The Bertz CT molecular complexity index is 407. The predicted octanol–water partition coefficient (Wildman–Crippen LogP) is 4.59.